The smallest absolute Gasteiger partial charge is 0.124 e. The first kappa shape index (κ1) is 10.3. The predicted molar refractivity (Wildman–Crippen MR) is 60.4 cm³/mol. The van der Waals surface area contributed by atoms with Gasteiger partial charge in [0.2, 0.25) is 0 Å². The summed E-state index contributed by atoms with van der Waals surface area (Å²) in [4.78, 5) is 0. The highest BCUT2D eigenvalue weighted by Gasteiger charge is 2.33. The van der Waals surface area contributed by atoms with Crippen LogP contribution in [-0.2, 0) is 6.42 Å². The van der Waals surface area contributed by atoms with Crippen molar-refractivity contribution in [3.05, 3.63) is 23.8 Å². The maximum Gasteiger partial charge on any atom is 0.124 e. The zero-order valence-electron chi connectivity index (χ0n) is 9.37. The van der Waals surface area contributed by atoms with Crippen LogP contribution >= 0.6 is 0 Å². The Hall–Kier alpha value is -1.22. The third-order valence-electron chi connectivity index (χ3n) is 2.94. The molecule has 0 bridgehead atoms. The summed E-state index contributed by atoms with van der Waals surface area (Å²) in [5.41, 5.74) is 1.51. The topological polar surface area (TPSA) is 41.5 Å². The van der Waals surface area contributed by atoms with Crippen LogP contribution in [0.4, 0.5) is 5.69 Å². The molecule has 0 amide bonds. The van der Waals surface area contributed by atoms with Crippen molar-refractivity contribution in [3.8, 4) is 5.75 Å². The van der Waals surface area contributed by atoms with E-state index >= 15 is 0 Å². The number of rotatable bonds is 2. The second-order valence-corrected chi connectivity index (χ2v) is 4.54. The first-order valence-corrected chi connectivity index (χ1v) is 5.17. The van der Waals surface area contributed by atoms with E-state index in [1.165, 1.54) is 0 Å². The number of aliphatic hydroxyl groups is 1. The SMILES string of the molecule is COc1cccc2c1CC(C(C)(C)O)N2. The summed E-state index contributed by atoms with van der Waals surface area (Å²) in [5, 5.41) is 13.3. The van der Waals surface area contributed by atoms with Gasteiger partial charge in [0.1, 0.15) is 5.75 Å². The van der Waals surface area contributed by atoms with Gasteiger partial charge in [-0.25, -0.2) is 0 Å². The van der Waals surface area contributed by atoms with Crippen LogP contribution in [0.1, 0.15) is 19.4 Å². The van der Waals surface area contributed by atoms with Crippen molar-refractivity contribution in [1.82, 2.24) is 0 Å². The van der Waals surface area contributed by atoms with E-state index in [2.05, 4.69) is 5.32 Å². The molecule has 0 aliphatic carbocycles. The Morgan fingerprint density at radius 3 is 2.80 bits per heavy atom. The molecule has 82 valence electrons. The van der Waals surface area contributed by atoms with E-state index in [-0.39, 0.29) is 6.04 Å². The Balaban J connectivity index is 2.31. The Morgan fingerprint density at radius 1 is 1.47 bits per heavy atom. The zero-order valence-corrected chi connectivity index (χ0v) is 9.37. The lowest BCUT2D eigenvalue weighted by atomic mass is 9.96. The van der Waals surface area contributed by atoms with Gasteiger partial charge in [-0.05, 0) is 26.0 Å². The molecular formula is C12H17NO2. The number of benzene rings is 1. The maximum atomic E-state index is 9.95. The summed E-state index contributed by atoms with van der Waals surface area (Å²) in [5.74, 6) is 0.895. The molecule has 2 rings (SSSR count). The Labute approximate surface area is 90.1 Å². The van der Waals surface area contributed by atoms with Gasteiger partial charge in [-0.15, -0.1) is 0 Å². The predicted octanol–water partition coefficient (Wildman–Crippen LogP) is 1.80. The van der Waals surface area contributed by atoms with E-state index < -0.39 is 5.60 Å². The molecule has 1 atom stereocenters. The van der Waals surface area contributed by atoms with Crippen molar-refractivity contribution in [2.75, 3.05) is 12.4 Å². The van der Waals surface area contributed by atoms with Crippen LogP contribution in [0.25, 0.3) is 0 Å². The van der Waals surface area contributed by atoms with E-state index in [4.69, 9.17) is 4.74 Å². The van der Waals surface area contributed by atoms with Gasteiger partial charge < -0.3 is 15.2 Å². The number of nitrogens with one attached hydrogen (secondary N) is 1. The highest BCUT2D eigenvalue weighted by Crippen LogP contribution is 2.36. The molecule has 0 saturated carbocycles. The lowest BCUT2D eigenvalue weighted by Crippen LogP contribution is -2.40. The number of fused-ring (bicyclic) bond motifs is 1. The average molecular weight is 207 g/mol. The summed E-state index contributed by atoms with van der Waals surface area (Å²) < 4.78 is 5.30. The summed E-state index contributed by atoms with van der Waals surface area (Å²) in [6.07, 6.45) is 0.808. The monoisotopic (exact) mass is 207 g/mol. The van der Waals surface area contributed by atoms with Crippen LogP contribution in [0.15, 0.2) is 18.2 Å². The molecule has 1 aliphatic rings. The molecule has 2 N–H and O–H groups in total. The fraction of sp³-hybridized carbons (Fsp3) is 0.500. The minimum Gasteiger partial charge on any atom is -0.496 e. The molecule has 0 fully saturated rings. The van der Waals surface area contributed by atoms with E-state index in [1.807, 2.05) is 32.0 Å². The lowest BCUT2D eigenvalue weighted by molar-refractivity contribution is 0.0613. The molecule has 3 heteroatoms. The molecule has 1 unspecified atom stereocenters. The van der Waals surface area contributed by atoms with Crippen LogP contribution in [0.3, 0.4) is 0 Å². The van der Waals surface area contributed by atoms with Gasteiger partial charge in [0.25, 0.3) is 0 Å². The van der Waals surface area contributed by atoms with Crippen LogP contribution in [0, 0.1) is 0 Å². The number of anilines is 1. The Kier molecular flexibility index (Phi) is 2.35. The highest BCUT2D eigenvalue weighted by molar-refractivity contribution is 5.62. The zero-order chi connectivity index (χ0) is 11.1. The normalized spacial score (nSPS) is 19.6. The van der Waals surface area contributed by atoms with Gasteiger partial charge in [-0.2, -0.15) is 0 Å². The van der Waals surface area contributed by atoms with Crippen molar-refractivity contribution in [2.24, 2.45) is 0 Å². The molecule has 1 aliphatic heterocycles. The van der Waals surface area contributed by atoms with E-state index in [0.717, 1.165) is 23.4 Å². The van der Waals surface area contributed by atoms with Crippen LogP contribution in [0.2, 0.25) is 0 Å². The van der Waals surface area contributed by atoms with Crippen LogP contribution in [-0.4, -0.2) is 23.9 Å². The molecule has 1 aromatic carbocycles. The van der Waals surface area contributed by atoms with Gasteiger partial charge in [-0.1, -0.05) is 6.07 Å². The van der Waals surface area contributed by atoms with Gasteiger partial charge in [0.15, 0.2) is 0 Å². The molecule has 0 aromatic heterocycles. The molecule has 0 radical (unpaired) electrons. The van der Waals surface area contributed by atoms with Crippen LogP contribution in [0.5, 0.6) is 5.75 Å². The summed E-state index contributed by atoms with van der Waals surface area (Å²) in [6.45, 7) is 3.64. The third-order valence-corrected chi connectivity index (χ3v) is 2.94. The van der Waals surface area contributed by atoms with Gasteiger partial charge in [0, 0.05) is 17.7 Å². The molecule has 15 heavy (non-hydrogen) atoms. The molecule has 3 nitrogen and oxygen atoms in total. The van der Waals surface area contributed by atoms with Gasteiger partial charge >= 0.3 is 0 Å². The molecule has 0 saturated heterocycles. The first-order chi connectivity index (χ1) is 7.02. The number of hydrogen-bond donors (Lipinski definition) is 2. The maximum absolute atomic E-state index is 9.95. The Bertz CT molecular complexity index is 368. The van der Waals surface area contributed by atoms with E-state index in [1.54, 1.807) is 7.11 Å². The van der Waals surface area contributed by atoms with E-state index in [9.17, 15) is 5.11 Å². The second-order valence-electron chi connectivity index (χ2n) is 4.54. The number of ether oxygens (including phenoxy) is 1. The largest absolute Gasteiger partial charge is 0.496 e. The van der Waals surface area contributed by atoms with Crippen molar-refractivity contribution in [1.29, 1.82) is 0 Å². The number of methoxy groups -OCH3 is 1. The summed E-state index contributed by atoms with van der Waals surface area (Å²) >= 11 is 0. The van der Waals surface area contributed by atoms with Crippen molar-refractivity contribution in [2.45, 2.75) is 31.9 Å². The summed E-state index contributed by atoms with van der Waals surface area (Å²) in [7, 11) is 1.67. The first-order valence-electron chi connectivity index (χ1n) is 5.17. The molecule has 1 heterocycles. The molecule has 1 aromatic rings. The fourth-order valence-electron chi connectivity index (χ4n) is 1.97. The van der Waals surface area contributed by atoms with E-state index in [0.29, 0.717) is 0 Å². The standard InChI is InChI=1S/C12H17NO2/c1-12(2,14)11-7-8-9(13-11)5-4-6-10(8)15-3/h4-6,11,13-14H,7H2,1-3H3. The quantitative estimate of drug-likeness (QED) is 0.777. The highest BCUT2D eigenvalue weighted by atomic mass is 16.5. The average Bonchev–Trinajstić information content (AvgIpc) is 2.59. The van der Waals surface area contributed by atoms with Crippen molar-refractivity contribution in [3.63, 3.8) is 0 Å². The minimum atomic E-state index is -0.718. The summed E-state index contributed by atoms with van der Waals surface area (Å²) in [6, 6.07) is 5.98. The second kappa shape index (κ2) is 3.42. The number of hydrogen-bond acceptors (Lipinski definition) is 3. The lowest BCUT2D eigenvalue weighted by Gasteiger charge is -2.25. The van der Waals surface area contributed by atoms with Crippen molar-refractivity contribution >= 4 is 5.69 Å². The van der Waals surface area contributed by atoms with Crippen LogP contribution < -0.4 is 10.1 Å². The fourth-order valence-corrected chi connectivity index (χ4v) is 1.97. The van der Waals surface area contributed by atoms with Gasteiger partial charge in [0.05, 0.1) is 18.8 Å². The molecular weight excluding hydrogens is 190 g/mol. The Morgan fingerprint density at radius 2 is 2.20 bits per heavy atom. The van der Waals surface area contributed by atoms with Gasteiger partial charge in [-0.3, -0.25) is 0 Å². The van der Waals surface area contributed by atoms with Crippen molar-refractivity contribution < 1.29 is 9.84 Å². The minimum absolute atomic E-state index is 0.0591. The molecule has 0 spiro atoms. The third kappa shape index (κ3) is 1.79.